The third-order valence-corrected chi connectivity index (χ3v) is 6.47. The topological polar surface area (TPSA) is 116 Å². The van der Waals surface area contributed by atoms with Crippen LogP contribution in [0.15, 0.2) is 44.6 Å². The number of benzene rings is 2. The molecule has 0 atom stereocenters. The van der Waals surface area contributed by atoms with Crippen molar-refractivity contribution in [3.05, 3.63) is 40.4 Å². The van der Waals surface area contributed by atoms with Crippen LogP contribution >= 0.6 is 26.2 Å². The number of sulfonamides is 1. The number of hydrogen-bond acceptors (Lipinski definition) is 5. The molecule has 1 amide bonds. The van der Waals surface area contributed by atoms with Crippen molar-refractivity contribution in [2.24, 2.45) is 0 Å². The van der Waals surface area contributed by atoms with Gasteiger partial charge in [-0.1, -0.05) is 35.4 Å². The molecular weight excluding hydrogens is 515 g/mol. The Bertz CT molecular complexity index is 1120. The molecule has 4 N–H and O–H groups in total. The van der Waals surface area contributed by atoms with Crippen molar-refractivity contribution in [1.29, 1.82) is 0 Å². The fourth-order valence-electron chi connectivity index (χ4n) is 2.12. The minimum absolute atomic E-state index is 0.159. The molecule has 0 spiro atoms. The van der Waals surface area contributed by atoms with E-state index in [1.54, 1.807) is 0 Å². The molecule has 0 aliphatic rings. The van der Waals surface area contributed by atoms with Crippen LogP contribution in [0.25, 0.3) is 0 Å². The Labute approximate surface area is 169 Å². The fourth-order valence-corrected chi connectivity index (χ4v) is 4.49. The molecule has 0 aromatic heterocycles. The maximum atomic E-state index is 13.2. The maximum absolute atomic E-state index is 13.2. The van der Waals surface area contributed by atoms with Crippen LogP contribution in [-0.2, 0) is 10.0 Å². The van der Waals surface area contributed by atoms with E-state index in [9.17, 15) is 42.9 Å². The van der Waals surface area contributed by atoms with Crippen LogP contribution < -0.4 is 10.0 Å². The number of anilines is 1. The predicted octanol–water partition coefficient (Wildman–Crippen LogP) is 4.68. The number of nitrogens with one attached hydrogen (secondary N) is 2. The van der Waals surface area contributed by atoms with Gasteiger partial charge < -0.3 is 15.5 Å². The zero-order valence-electron chi connectivity index (χ0n) is 14.1. The van der Waals surface area contributed by atoms with E-state index in [2.05, 4.69) is 15.9 Å². The first-order chi connectivity index (χ1) is 12.9. The van der Waals surface area contributed by atoms with Crippen molar-refractivity contribution in [2.45, 2.75) is 9.79 Å². The van der Waals surface area contributed by atoms with Gasteiger partial charge in [-0.2, -0.15) is 0 Å². The summed E-state index contributed by atoms with van der Waals surface area (Å²) in [5.74, 6) is -3.51. The van der Waals surface area contributed by atoms with E-state index in [4.69, 9.17) is 0 Å². The highest BCUT2D eigenvalue weighted by atomic mass is 79.9. The van der Waals surface area contributed by atoms with Gasteiger partial charge in [0.05, 0.1) is 11.3 Å². The molecule has 0 saturated heterocycles. The van der Waals surface area contributed by atoms with Gasteiger partial charge in [-0.3, -0.25) is 9.52 Å². The average molecular weight is 527 g/mol. The molecule has 7 nitrogen and oxygen atoms in total. The van der Waals surface area contributed by atoms with Gasteiger partial charge in [0, 0.05) is 11.5 Å². The van der Waals surface area contributed by atoms with Gasteiger partial charge in [0.15, 0.2) is 5.75 Å². The van der Waals surface area contributed by atoms with Crippen LogP contribution in [0.2, 0.25) is 0 Å². The number of phenols is 2. The average Bonchev–Trinajstić information content (AvgIpc) is 2.55. The van der Waals surface area contributed by atoms with E-state index in [1.165, 1.54) is 10.8 Å². The Morgan fingerprint density at radius 1 is 1.07 bits per heavy atom. The van der Waals surface area contributed by atoms with E-state index in [1.807, 2.05) is 5.32 Å². The number of phenolic OH excluding ortho intramolecular Hbond substituents is 2. The molecule has 15 heteroatoms. The van der Waals surface area contributed by atoms with Crippen molar-refractivity contribution < 1.29 is 42.9 Å². The summed E-state index contributed by atoms with van der Waals surface area (Å²) in [7, 11) is -14.3. The van der Waals surface area contributed by atoms with E-state index in [0.29, 0.717) is 0 Å². The summed E-state index contributed by atoms with van der Waals surface area (Å²) in [6, 6.07) is 2.45. The minimum atomic E-state index is -10.4. The van der Waals surface area contributed by atoms with Crippen molar-refractivity contribution in [3.63, 3.8) is 0 Å². The molecule has 0 aliphatic heterocycles. The second kappa shape index (κ2) is 6.37. The molecule has 0 saturated carbocycles. The first-order valence-corrected chi connectivity index (χ1v) is 11.4. The van der Waals surface area contributed by atoms with Crippen LogP contribution in [0.5, 0.6) is 11.5 Å². The molecular formula is C14H12BrF5N2O5S2. The monoisotopic (exact) mass is 526 g/mol. The number of halogens is 6. The molecule has 0 heterocycles. The number of carbonyl (C=O) groups is 1. The summed E-state index contributed by atoms with van der Waals surface area (Å²) in [5.41, 5.74) is -2.58. The first kappa shape index (κ1) is 23.0. The molecule has 0 aliphatic carbocycles. The third-order valence-electron chi connectivity index (χ3n) is 3.46. The summed E-state index contributed by atoms with van der Waals surface area (Å²) in [4.78, 5) is 8.29. The highest BCUT2D eigenvalue weighted by Gasteiger charge is 2.66. The summed E-state index contributed by atoms with van der Waals surface area (Å²) >= 11 is 2.93. The van der Waals surface area contributed by atoms with Crippen LogP contribution in [-0.4, -0.2) is 31.6 Å². The molecule has 0 unspecified atom stereocenters. The Balaban J connectivity index is 2.75. The lowest BCUT2D eigenvalue weighted by Crippen LogP contribution is -2.20. The number of amides is 1. The third kappa shape index (κ3) is 5.02. The zero-order chi connectivity index (χ0) is 22.5. The quantitative estimate of drug-likeness (QED) is 0.333. The lowest BCUT2D eigenvalue weighted by Gasteiger charge is -2.41. The van der Waals surface area contributed by atoms with Crippen molar-refractivity contribution in [3.8, 4) is 11.5 Å². The van der Waals surface area contributed by atoms with Gasteiger partial charge in [-0.25, -0.2) is 8.42 Å². The van der Waals surface area contributed by atoms with Gasteiger partial charge >= 0.3 is 10.2 Å². The molecule has 2 aromatic carbocycles. The molecule has 2 rings (SSSR count). The normalized spacial score (nSPS) is 14.6. The van der Waals surface area contributed by atoms with Crippen LogP contribution in [0, 0.1) is 0 Å². The number of rotatable bonds is 5. The van der Waals surface area contributed by atoms with E-state index < -0.39 is 58.7 Å². The molecule has 2 aromatic rings. The van der Waals surface area contributed by atoms with Gasteiger partial charge in [-0.15, -0.1) is 0 Å². The van der Waals surface area contributed by atoms with Gasteiger partial charge in [-0.05, 0) is 30.3 Å². The number of aromatic hydroxyl groups is 2. The Kier molecular flexibility index (Phi) is 5.06. The van der Waals surface area contributed by atoms with Crippen LogP contribution in [0.3, 0.4) is 0 Å². The Hall–Kier alpha value is -2.26. The zero-order valence-corrected chi connectivity index (χ0v) is 17.3. The van der Waals surface area contributed by atoms with Crippen LogP contribution in [0.1, 0.15) is 10.4 Å². The maximum Gasteiger partial charge on any atom is 0.310 e. The largest absolute Gasteiger partial charge is 0.507 e. The summed E-state index contributed by atoms with van der Waals surface area (Å²) in [6.45, 7) is 0. The summed E-state index contributed by atoms with van der Waals surface area (Å²) < 4.78 is 92.7. The molecule has 0 radical (unpaired) electrons. The molecule has 162 valence electrons. The van der Waals surface area contributed by atoms with E-state index in [-0.39, 0.29) is 16.6 Å². The number of hydrogen-bond donors (Lipinski definition) is 4. The van der Waals surface area contributed by atoms with Crippen molar-refractivity contribution in [2.75, 3.05) is 11.8 Å². The number of carbonyl (C=O) groups excluding carboxylic acids is 1. The van der Waals surface area contributed by atoms with E-state index >= 15 is 0 Å². The van der Waals surface area contributed by atoms with Crippen molar-refractivity contribution >= 4 is 47.8 Å². The second-order valence-corrected chi connectivity index (χ2v) is 10.6. The first-order valence-electron chi connectivity index (χ1n) is 7.20. The van der Waals surface area contributed by atoms with Gasteiger partial charge in [0.25, 0.3) is 15.9 Å². The smallest absolute Gasteiger partial charge is 0.310 e. The second-order valence-electron chi connectivity index (χ2n) is 5.63. The van der Waals surface area contributed by atoms with E-state index in [0.717, 1.165) is 19.2 Å². The predicted molar refractivity (Wildman–Crippen MR) is 99.5 cm³/mol. The SMILES string of the molecule is CNC(=O)c1cc(S(F)(F)(F)(F)F)cc(NS(=O)(=O)c2cc(Br)ccc2O)c1O. The molecule has 0 bridgehead atoms. The lowest BCUT2D eigenvalue weighted by molar-refractivity contribution is 0.0960. The minimum Gasteiger partial charge on any atom is -0.507 e. The molecule has 29 heavy (non-hydrogen) atoms. The molecule has 0 fully saturated rings. The van der Waals surface area contributed by atoms with Gasteiger partial charge in [0.1, 0.15) is 15.5 Å². The highest BCUT2D eigenvalue weighted by Crippen LogP contribution is 3.02. The fraction of sp³-hybridized carbons (Fsp3) is 0.0714. The standard InChI is InChI=1S/C14H12BrF5N2O5S2/c1-21-14(25)9-5-8(29(16,17,18,19)20)6-10(13(9)24)22-28(26,27)12-4-7(15)2-3-11(12)23/h2-6,22-24H,1H3,(H,21,25). The Morgan fingerprint density at radius 2 is 1.66 bits per heavy atom. The summed E-state index contributed by atoms with van der Waals surface area (Å²) in [6.07, 6.45) is 0. The Morgan fingerprint density at radius 3 is 2.17 bits per heavy atom. The lowest BCUT2D eigenvalue weighted by atomic mass is 10.1. The summed E-state index contributed by atoms with van der Waals surface area (Å²) in [5, 5.41) is 21.6. The van der Waals surface area contributed by atoms with Crippen molar-refractivity contribution in [1.82, 2.24) is 5.32 Å². The van der Waals surface area contributed by atoms with Gasteiger partial charge in [0.2, 0.25) is 0 Å². The van der Waals surface area contributed by atoms with Crippen LogP contribution in [0.4, 0.5) is 25.1 Å². The highest BCUT2D eigenvalue weighted by molar-refractivity contribution is 9.10.